The van der Waals surface area contributed by atoms with Crippen molar-refractivity contribution in [1.29, 1.82) is 0 Å². The number of aryl methyl sites for hydroxylation is 2. The predicted molar refractivity (Wildman–Crippen MR) is 67.1 cm³/mol. The number of benzene rings is 1. The third-order valence-electron chi connectivity index (χ3n) is 3.34. The summed E-state index contributed by atoms with van der Waals surface area (Å²) in [6.45, 7) is 0. The Labute approximate surface area is 109 Å². The largest absolute Gasteiger partial charge is 0.438 e. The monoisotopic (exact) mass is 253 g/mol. The topological polar surface area (TPSA) is 65.2 Å². The SMILES string of the molecule is c1cc2c(cc1Oc1ccc3nnnn3n1)CCC2. The van der Waals surface area contributed by atoms with Gasteiger partial charge in [0.1, 0.15) is 5.75 Å². The average molecular weight is 253 g/mol. The number of hydrogen-bond acceptors (Lipinski definition) is 5. The van der Waals surface area contributed by atoms with E-state index in [2.05, 4.69) is 32.8 Å². The van der Waals surface area contributed by atoms with Crippen LogP contribution in [0.3, 0.4) is 0 Å². The van der Waals surface area contributed by atoms with E-state index in [1.54, 1.807) is 12.1 Å². The van der Waals surface area contributed by atoms with Gasteiger partial charge in [-0.15, -0.1) is 14.8 Å². The first-order valence-corrected chi connectivity index (χ1v) is 6.23. The van der Waals surface area contributed by atoms with Gasteiger partial charge in [-0.05, 0) is 59.0 Å². The van der Waals surface area contributed by atoms with E-state index in [4.69, 9.17) is 4.74 Å². The minimum absolute atomic E-state index is 0.484. The molecule has 2 aromatic heterocycles. The van der Waals surface area contributed by atoms with Gasteiger partial charge < -0.3 is 4.74 Å². The van der Waals surface area contributed by atoms with Gasteiger partial charge in [-0.1, -0.05) is 6.07 Å². The first-order valence-electron chi connectivity index (χ1n) is 6.23. The van der Waals surface area contributed by atoms with Gasteiger partial charge in [-0.25, -0.2) is 0 Å². The Morgan fingerprint density at radius 2 is 2.00 bits per heavy atom. The zero-order chi connectivity index (χ0) is 12.7. The average Bonchev–Trinajstić information content (AvgIpc) is 3.05. The number of hydrogen-bond donors (Lipinski definition) is 0. The Kier molecular flexibility index (Phi) is 2.20. The van der Waals surface area contributed by atoms with Crippen LogP contribution in [0.5, 0.6) is 11.6 Å². The van der Waals surface area contributed by atoms with Crippen molar-refractivity contribution in [2.75, 3.05) is 0 Å². The van der Waals surface area contributed by atoms with Gasteiger partial charge in [0.25, 0.3) is 0 Å². The van der Waals surface area contributed by atoms with Crippen LogP contribution in [0.1, 0.15) is 17.5 Å². The van der Waals surface area contributed by atoms with Gasteiger partial charge in [0, 0.05) is 6.07 Å². The molecule has 0 N–H and O–H groups in total. The van der Waals surface area contributed by atoms with E-state index in [0.29, 0.717) is 11.5 Å². The molecule has 1 aliphatic carbocycles. The van der Waals surface area contributed by atoms with Crippen molar-refractivity contribution >= 4 is 5.65 Å². The van der Waals surface area contributed by atoms with Crippen molar-refractivity contribution < 1.29 is 4.74 Å². The van der Waals surface area contributed by atoms with Crippen molar-refractivity contribution in [2.45, 2.75) is 19.3 Å². The smallest absolute Gasteiger partial charge is 0.239 e. The first kappa shape index (κ1) is 10.4. The first-order chi connectivity index (χ1) is 9.38. The molecule has 1 aliphatic rings. The second-order valence-corrected chi connectivity index (χ2v) is 4.58. The van der Waals surface area contributed by atoms with E-state index in [-0.39, 0.29) is 0 Å². The molecule has 0 amide bonds. The van der Waals surface area contributed by atoms with Crippen LogP contribution < -0.4 is 4.74 Å². The van der Waals surface area contributed by atoms with Crippen LogP contribution in [0, 0.1) is 0 Å². The highest BCUT2D eigenvalue weighted by atomic mass is 16.5. The third kappa shape index (κ3) is 1.81. The molecule has 0 atom stereocenters. The van der Waals surface area contributed by atoms with Gasteiger partial charge in [-0.3, -0.25) is 0 Å². The summed E-state index contributed by atoms with van der Waals surface area (Å²) >= 11 is 0. The van der Waals surface area contributed by atoms with Crippen LogP contribution in [-0.4, -0.2) is 25.3 Å². The Morgan fingerprint density at radius 3 is 3.00 bits per heavy atom. The molecule has 0 aliphatic heterocycles. The summed E-state index contributed by atoms with van der Waals surface area (Å²) in [6, 6.07) is 9.74. The van der Waals surface area contributed by atoms with Gasteiger partial charge >= 0.3 is 0 Å². The summed E-state index contributed by atoms with van der Waals surface area (Å²) in [7, 11) is 0. The second kappa shape index (κ2) is 4.01. The van der Waals surface area contributed by atoms with E-state index in [9.17, 15) is 0 Å². The highest BCUT2D eigenvalue weighted by molar-refractivity contribution is 5.40. The summed E-state index contributed by atoms with van der Waals surface area (Å²) < 4.78 is 7.10. The Bertz CT molecular complexity index is 752. The third-order valence-corrected chi connectivity index (χ3v) is 3.34. The lowest BCUT2D eigenvalue weighted by Gasteiger charge is -2.06. The zero-order valence-corrected chi connectivity index (χ0v) is 10.2. The molecule has 0 bridgehead atoms. The maximum absolute atomic E-state index is 5.75. The van der Waals surface area contributed by atoms with E-state index >= 15 is 0 Å². The van der Waals surface area contributed by atoms with Crippen LogP contribution in [0.15, 0.2) is 30.3 Å². The molecule has 3 aromatic rings. The molecular weight excluding hydrogens is 242 g/mol. The number of tetrazole rings is 1. The van der Waals surface area contributed by atoms with Gasteiger partial charge in [-0.2, -0.15) is 0 Å². The normalized spacial score (nSPS) is 13.7. The lowest BCUT2D eigenvalue weighted by molar-refractivity contribution is 0.446. The molecule has 0 spiro atoms. The fraction of sp³-hybridized carbons (Fsp3) is 0.231. The van der Waals surface area contributed by atoms with E-state index in [1.165, 1.54) is 28.6 Å². The molecule has 1 aromatic carbocycles. The summed E-state index contributed by atoms with van der Waals surface area (Å²) in [5.74, 6) is 1.29. The van der Waals surface area contributed by atoms with Crippen molar-refractivity contribution in [3.63, 3.8) is 0 Å². The molecule has 0 saturated carbocycles. The van der Waals surface area contributed by atoms with Crippen LogP contribution >= 0.6 is 0 Å². The van der Waals surface area contributed by atoms with Crippen molar-refractivity contribution in [3.05, 3.63) is 41.5 Å². The predicted octanol–water partition coefficient (Wildman–Crippen LogP) is 1.80. The van der Waals surface area contributed by atoms with Crippen molar-refractivity contribution in [1.82, 2.24) is 25.3 Å². The van der Waals surface area contributed by atoms with E-state index < -0.39 is 0 Å². The van der Waals surface area contributed by atoms with Crippen molar-refractivity contribution in [3.8, 4) is 11.6 Å². The van der Waals surface area contributed by atoms with Crippen LogP contribution in [-0.2, 0) is 12.8 Å². The van der Waals surface area contributed by atoms with Crippen LogP contribution in [0.2, 0.25) is 0 Å². The maximum Gasteiger partial charge on any atom is 0.239 e. The molecule has 4 rings (SSSR count). The second-order valence-electron chi connectivity index (χ2n) is 4.58. The van der Waals surface area contributed by atoms with Crippen molar-refractivity contribution in [2.24, 2.45) is 0 Å². The minimum atomic E-state index is 0.484. The molecule has 0 unspecified atom stereocenters. The minimum Gasteiger partial charge on any atom is -0.438 e. The standard InChI is InChI=1S/C13H11N5O/c1-2-9-4-5-11(8-10(9)3-1)19-13-7-6-12-14-16-17-18(12)15-13/h4-8H,1-3H2. The highest BCUT2D eigenvalue weighted by Crippen LogP contribution is 2.28. The molecule has 0 fully saturated rings. The number of ether oxygens (including phenoxy) is 1. The highest BCUT2D eigenvalue weighted by Gasteiger charge is 2.12. The molecule has 6 heteroatoms. The maximum atomic E-state index is 5.75. The quantitative estimate of drug-likeness (QED) is 0.696. The molecule has 94 valence electrons. The molecule has 0 radical (unpaired) electrons. The number of rotatable bonds is 2. The Hall–Kier alpha value is -2.50. The van der Waals surface area contributed by atoms with Crippen LogP contribution in [0.25, 0.3) is 5.65 Å². The fourth-order valence-corrected chi connectivity index (χ4v) is 2.42. The number of fused-ring (bicyclic) bond motifs is 2. The van der Waals surface area contributed by atoms with E-state index in [1.807, 2.05) is 6.07 Å². The summed E-state index contributed by atoms with van der Waals surface area (Å²) in [4.78, 5) is 0. The van der Waals surface area contributed by atoms with Gasteiger partial charge in [0.2, 0.25) is 5.88 Å². The Morgan fingerprint density at radius 1 is 1.05 bits per heavy atom. The van der Waals surface area contributed by atoms with E-state index in [0.717, 1.165) is 12.2 Å². The molecule has 0 saturated heterocycles. The summed E-state index contributed by atoms with van der Waals surface area (Å²) in [5.41, 5.74) is 3.40. The van der Waals surface area contributed by atoms with Gasteiger partial charge in [0.05, 0.1) is 0 Å². The lowest BCUT2D eigenvalue weighted by Crippen LogP contribution is -1.97. The van der Waals surface area contributed by atoms with Crippen LogP contribution in [0.4, 0.5) is 0 Å². The Balaban J connectivity index is 1.66. The number of aromatic nitrogens is 5. The zero-order valence-electron chi connectivity index (χ0n) is 10.2. The molecule has 2 heterocycles. The summed E-state index contributed by atoms with van der Waals surface area (Å²) in [6.07, 6.45) is 3.53. The molecule has 6 nitrogen and oxygen atoms in total. The fourth-order valence-electron chi connectivity index (χ4n) is 2.42. The lowest BCUT2D eigenvalue weighted by atomic mass is 10.1. The molecular formula is C13H11N5O. The van der Waals surface area contributed by atoms with Gasteiger partial charge in [0.15, 0.2) is 5.65 Å². The summed E-state index contributed by atoms with van der Waals surface area (Å²) in [5, 5.41) is 15.3. The molecule has 19 heavy (non-hydrogen) atoms. The number of nitrogens with zero attached hydrogens (tertiary/aromatic N) is 5.